The number of hydrogen-bond acceptors (Lipinski definition) is 3. The van der Waals surface area contributed by atoms with E-state index in [1.807, 2.05) is 6.07 Å². The molecule has 1 aromatic rings. The molecule has 1 heterocycles. The van der Waals surface area contributed by atoms with Crippen molar-refractivity contribution in [3.63, 3.8) is 0 Å². The maximum atomic E-state index is 13.4. The Labute approximate surface area is 115 Å². The molecule has 0 amide bonds. The van der Waals surface area contributed by atoms with E-state index >= 15 is 0 Å². The number of piperidine rings is 1. The van der Waals surface area contributed by atoms with Crippen molar-refractivity contribution >= 4 is 5.69 Å². The van der Waals surface area contributed by atoms with Gasteiger partial charge in [-0.2, -0.15) is 0 Å². The largest absolute Gasteiger partial charge is 0.370 e. The summed E-state index contributed by atoms with van der Waals surface area (Å²) in [7, 11) is 4.27. The summed E-state index contributed by atoms with van der Waals surface area (Å²) in [4.78, 5) is 4.65. The molecule has 0 bridgehead atoms. The summed E-state index contributed by atoms with van der Waals surface area (Å²) in [5.41, 5.74) is 7.76. The summed E-state index contributed by atoms with van der Waals surface area (Å²) < 4.78 is 13.4. The van der Waals surface area contributed by atoms with Crippen molar-refractivity contribution in [2.24, 2.45) is 5.73 Å². The van der Waals surface area contributed by atoms with Gasteiger partial charge in [0, 0.05) is 25.3 Å². The summed E-state index contributed by atoms with van der Waals surface area (Å²) in [6, 6.07) is 5.54. The Kier molecular flexibility index (Phi) is 4.77. The average Bonchev–Trinajstić information content (AvgIpc) is 2.39. The predicted molar refractivity (Wildman–Crippen MR) is 78.1 cm³/mol. The van der Waals surface area contributed by atoms with Crippen molar-refractivity contribution in [1.82, 2.24) is 4.90 Å². The molecule has 4 heteroatoms. The van der Waals surface area contributed by atoms with E-state index in [-0.39, 0.29) is 5.82 Å². The molecule has 19 heavy (non-hydrogen) atoms. The molecule has 106 valence electrons. The van der Waals surface area contributed by atoms with Gasteiger partial charge in [-0.1, -0.05) is 0 Å². The number of likely N-dealkylation sites (N-methyl/N-ethyl adjacent to an activating group) is 2. The number of halogens is 1. The lowest BCUT2D eigenvalue weighted by molar-refractivity contribution is 0.248. The highest BCUT2D eigenvalue weighted by Crippen LogP contribution is 2.25. The molecule has 2 rings (SSSR count). The van der Waals surface area contributed by atoms with Crippen LogP contribution in [0.5, 0.6) is 0 Å². The van der Waals surface area contributed by atoms with Crippen LogP contribution in [-0.2, 0) is 6.42 Å². The molecule has 0 aliphatic carbocycles. The Hall–Kier alpha value is -1.13. The first-order valence-electron chi connectivity index (χ1n) is 7.01. The lowest BCUT2D eigenvalue weighted by Crippen LogP contribution is -2.45. The van der Waals surface area contributed by atoms with Crippen LogP contribution in [0.2, 0.25) is 0 Å². The van der Waals surface area contributed by atoms with Gasteiger partial charge in [0.25, 0.3) is 0 Å². The normalized spacial score (nSPS) is 20.5. The van der Waals surface area contributed by atoms with E-state index < -0.39 is 0 Å². The van der Waals surface area contributed by atoms with Crippen LogP contribution >= 0.6 is 0 Å². The summed E-state index contributed by atoms with van der Waals surface area (Å²) >= 11 is 0. The van der Waals surface area contributed by atoms with Gasteiger partial charge in [-0.15, -0.1) is 0 Å². The lowest BCUT2D eigenvalue weighted by Gasteiger charge is -2.38. The first-order chi connectivity index (χ1) is 9.11. The van der Waals surface area contributed by atoms with E-state index in [9.17, 15) is 4.39 Å². The summed E-state index contributed by atoms with van der Waals surface area (Å²) in [5, 5.41) is 0. The fourth-order valence-corrected chi connectivity index (χ4v) is 2.91. The van der Waals surface area contributed by atoms with Crippen LogP contribution in [0, 0.1) is 5.82 Å². The predicted octanol–water partition coefficient (Wildman–Crippen LogP) is 1.86. The second kappa shape index (κ2) is 6.35. The Morgan fingerprint density at radius 1 is 1.47 bits per heavy atom. The third kappa shape index (κ3) is 3.45. The van der Waals surface area contributed by atoms with Gasteiger partial charge in [0.1, 0.15) is 5.82 Å². The highest BCUT2D eigenvalue weighted by molar-refractivity contribution is 5.54. The molecule has 1 aliphatic rings. The van der Waals surface area contributed by atoms with E-state index in [1.165, 1.54) is 19.4 Å². The maximum Gasteiger partial charge on any atom is 0.123 e. The van der Waals surface area contributed by atoms with E-state index in [4.69, 9.17) is 5.73 Å². The Balaban J connectivity index is 2.19. The second-order valence-corrected chi connectivity index (χ2v) is 5.48. The van der Waals surface area contributed by atoms with Crippen molar-refractivity contribution in [3.8, 4) is 0 Å². The monoisotopic (exact) mass is 265 g/mol. The highest BCUT2D eigenvalue weighted by Gasteiger charge is 2.22. The van der Waals surface area contributed by atoms with Crippen molar-refractivity contribution < 1.29 is 4.39 Å². The van der Waals surface area contributed by atoms with Crippen LogP contribution in [0.25, 0.3) is 0 Å². The topological polar surface area (TPSA) is 32.5 Å². The average molecular weight is 265 g/mol. The molecule has 3 nitrogen and oxygen atoms in total. The molecule has 1 fully saturated rings. The minimum absolute atomic E-state index is 0.179. The Bertz CT molecular complexity index is 422. The fourth-order valence-electron chi connectivity index (χ4n) is 2.91. The van der Waals surface area contributed by atoms with Crippen molar-refractivity contribution in [3.05, 3.63) is 29.6 Å². The van der Waals surface area contributed by atoms with Gasteiger partial charge in [-0.25, -0.2) is 4.39 Å². The molecule has 1 saturated heterocycles. The number of likely N-dealkylation sites (tertiary alicyclic amines) is 1. The molecular formula is C15H24FN3. The standard InChI is InChI=1S/C15H24FN3/c1-18-9-3-4-14(11-18)19(2)15-6-5-13(16)10-12(15)7-8-17/h5-6,10,14H,3-4,7-9,11,17H2,1-2H3. The third-order valence-electron chi connectivity index (χ3n) is 3.98. The van der Waals surface area contributed by atoms with E-state index in [0.717, 1.165) is 24.2 Å². The van der Waals surface area contributed by atoms with Crippen molar-refractivity contribution in [2.75, 3.05) is 38.6 Å². The lowest BCUT2D eigenvalue weighted by atomic mass is 10.0. The Morgan fingerprint density at radius 2 is 2.26 bits per heavy atom. The number of anilines is 1. The summed E-state index contributed by atoms with van der Waals surface area (Å²) in [6.07, 6.45) is 3.14. The van der Waals surface area contributed by atoms with Gasteiger partial charge >= 0.3 is 0 Å². The quantitative estimate of drug-likeness (QED) is 0.902. The van der Waals surface area contributed by atoms with E-state index in [1.54, 1.807) is 12.1 Å². The van der Waals surface area contributed by atoms with Gasteiger partial charge < -0.3 is 15.5 Å². The zero-order chi connectivity index (χ0) is 13.8. The first kappa shape index (κ1) is 14.3. The molecule has 0 spiro atoms. The summed E-state index contributed by atoms with van der Waals surface area (Å²) in [6.45, 7) is 2.79. The number of nitrogens with zero attached hydrogens (tertiary/aromatic N) is 2. The van der Waals surface area contributed by atoms with Gasteiger partial charge in [-0.05, 0) is 63.2 Å². The Morgan fingerprint density at radius 3 is 2.95 bits per heavy atom. The molecule has 1 aromatic carbocycles. The molecule has 0 saturated carbocycles. The number of hydrogen-bond donors (Lipinski definition) is 1. The molecular weight excluding hydrogens is 241 g/mol. The zero-order valence-corrected chi connectivity index (χ0v) is 11.9. The van der Waals surface area contributed by atoms with Crippen LogP contribution in [0.3, 0.4) is 0 Å². The number of rotatable bonds is 4. The third-order valence-corrected chi connectivity index (χ3v) is 3.98. The van der Waals surface area contributed by atoms with Gasteiger partial charge in [0.2, 0.25) is 0 Å². The van der Waals surface area contributed by atoms with Crippen LogP contribution in [0.1, 0.15) is 18.4 Å². The van der Waals surface area contributed by atoms with Gasteiger partial charge in [0.05, 0.1) is 0 Å². The molecule has 1 unspecified atom stereocenters. The molecule has 1 aliphatic heterocycles. The van der Waals surface area contributed by atoms with Gasteiger partial charge in [0.15, 0.2) is 0 Å². The second-order valence-electron chi connectivity index (χ2n) is 5.48. The molecule has 0 radical (unpaired) electrons. The smallest absolute Gasteiger partial charge is 0.123 e. The van der Waals surface area contributed by atoms with Crippen molar-refractivity contribution in [1.29, 1.82) is 0 Å². The van der Waals surface area contributed by atoms with Crippen LogP contribution < -0.4 is 10.6 Å². The van der Waals surface area contributed by atoms with E-state index in [0.29, 0.717) is 12.6 Å². The maximum absolute atomic E-state index is 13.4. The fraction of sp³-hybridized carbons (Fsp3) is 0.600. The minimum atomic E-state index is -0.179. The van der Waals surface area contributed by atoms with Crippen LogP contribution in [-0.4, -0.2) is 44.7 Å². The van der Waals surface area contributed by atoms with Crippen LogP contribution in [0.15, 0.2) is 18.2 Å². The molecule has 0 aromatic heterocycles. The first-order valence-corrected chi connectivity index (χ1v) is 7.01. The molecule has 1 atom stereocenters. The van der Waals surface area contributed by atoms with Crippen LogP contribution in [0.4, 0.5) is 10.1 Å². The van der Waals surface area contributed by atoms with Gasteiger partial charge in [-0.3, -0.25) is 0 Å². The number of nitrogens with two attached hydrogens (primary N) is 1. The summed E-state index contributed by atoms with van der Waals surface area (Å²) in [5.74, 6) is -0.179. The zero-order valence-electron chi connectivity index (χ0n) is 11.9. The number of benzene rings is 1. The SMILES string of the molecule is CN1CCCC(N(C)c2ccc(F)cc2CCN)C1. The highest BCUT2D eigenvalue weighted by atomic mass is 19.1. The van der Waals surface area contributed by atoms with Crippen molar-refractivity contribution in [2.45, 2.75) is 25.3 Å². The molecule has 2 N–H and O–H groups in total. The van der Waals surface area contributed by atoms with E-state index in [2.05, 4.69) is 23.9 Å². The minimum Gasteiger partial charge on any atom is -0.370 e.